The van der Waals surface area contributed by atoms with E-state index in [2.05, 4.69) is 50.9 Å². The van der Waals surface area contributed by atoms with E-state index in [0.29, 0.717) is 11.4 Å². The zero-order valence-corrected chi connectivity index (χ0v) is 19.9. The number of carbonyl (C=O) groups is 1. The lowest BCUT2D eigenvalue weighted by atomic mass is 9.72. The third-order valence-electron chi connectivity index (χ3n) is 6.38. The van der Waals surface area contributed by atoms with Gasteiger partial charge in [0.25, 0.3) is 0 Å². The predicted octanol–water partition coefficient (Wildman–Crippen LogP) is 7.94. The number of carbonyl (C=O) groups excluding carboxylic acids is 1. The Hall–Kier alpha value is -3.46. The molecule has 0 aliphatic heterocycles. The number of hydrogen-bond acceptors (Lipinski definition) is 3. The SMILES string of the molecule is CC1=C(C=C/C(C)=C/c2ccc(C(=O)Oc3ccc4ccccc4c3)nc2)C(C)(C)CCC1. The number of rotatable bonds is 5. The van der Waals surface area contributed by atoms with E-state index in [4.69, 9.17) is 4.74 Å². The fourth-order valence-corrected chi connectivity index (χ4v) is 4.54. The van der Waals surface area contributed by atoms with Crippen LogP contribution in [0, 0.1) is 5.41 Å². The summed E-state index contributed by atoms with van der Waals surface area (Å²) in [6.45, 7) is 8.99. The molecular formula is C30H31NO2. The summed E-state index contributed by atoms with van der Waals surface area (Å²) in [5.74, 6) is 0.0556. The minimum atomic E-state index is -0.459. The maximum atomic E-state index is 12.5. The van der Waals surface area contributed by atoms with Gasteiger partial charge in [-0.25, -0.2) is 9.78 Å². The second kappa shape index (κ2) is 9.58. The van der Waals surface area contributed by atoms with Crippen LogP contribution in [0.15, 0.2) is 89.7 Å². The molecule has 0 radical (unpaired) electrons. The fourth-order valence-electron chi connectivity index (χ4n) is 4.54. The molecule has 0 fully saturated rings. The maximum absolute atomic E-state index is 12.5. The van der Waals surface area contributed by atoms with Gasteiger partial charge in [-0.3, -0.25) is 0 Å². The number of fused-ring (bicyclic) bond motifs is 1. The van der Waals surface area contributed by atoms with E-state index in [9.17, 15) is 4.79 Å². The molecule has 3 heteroatoms. The summed E-state index contributed by atoms with van der Waals surface area (Å²) in [4.78, 5) is 16.9. The monoisotopic (exact) mass is 437 g/mol. The van der Waals surface area contributed by atoms with E-state index in [-0.39, 0.29) is 5.41 Å². The van der Waals surface area contributed by atoms with Gasteiger partial charge in [-0.2, -0.15) is 0 Å². The van der Waals surface area contributed by atoms with Crippen molar-refractivity contribution in [3.8, 4) is 5.75 Å². The number of nitrogens with zero attached hydrogens (tertiary/aromatic N) is 1. The third-order valence-corrected chi connectivity index (χ3v) is 6.38. The first-order valence-corrected chi connectivity index (χ1v) is 11.6. The first-order chi connectivity index (χ1) is 15.8. The summed E-state index contributed by atoms with van der Waals surface area (Å²) in [6.07, 6.45) is 11.9. The molecule has 3 aromatic rings. The summed E-state index contributed by atoms with van der Waals surface area (Å²) in [5, 5.41) is 2.14. The summed E-state index contributed by atoms with van der Waals surface area (Å²) in [6, 6.07) is 17.2. The van der Waals surface area contributed by atoms with Crippen molar-refractivity contribution in [1.29, 1.82) is 0 Å². The lowest BCUT2D eigenvalue weighted by Crippen LogP contribution is -2.19. The topological polar surface area (TPSA) is 39.2 Å². The molecule has 0 unspecified atom stereocenters. The van der Waals surface area contributed by atoms with Crippen LogP contribution < -0.4 is 4.74 Å². The molecule has 1 aliphatic rings. The van der Waals surface area contributed by atoms with Gasteiger partial charge in [0.05, 0.1) is 0 Å². The molecule has 0 bridgehead atoms. The van der Waals surface area contributed by atoms with Crippen LogP contribution in [0.2, 0.25) is 0 Å². The molecule has 0 amide bonds. The number of esters is 1. The molecule has 0 atom stereocenters. The maximum Gasteiger partial charge on any atom is 0.362 e. The van der Waals surface area contributed by atoms with Gasteiger partial charge in [0.15, 0.2) is 0 Å². The molecule has 0 N–H and O–H groups in total. The molecule has 4 rings (SSSR count). The number of aromatic nitrogens is 1. The summed E-state index contributed by atoms with van der Waals surface area (Å²) >= 11 is 0. The van der Waals surface area contributed by atoms with Crippen LogP contribution in [0.25, 0.3) is 16.8 Å². The quantitative estimate of drug-likeness (QED) is 0.231. The van der Waals surface area contributed by atoms with Gasteiger partial charge in [0.1, 0.15) is 11.4 Å². The normalized spacial score (nSPS) is 16.4. The van der Waals surface area contributed by atoms with Crippen molar-refractivity contribution in [2.45, 2.75) is 47.0 Å². The highest BCUT2D eigenvalue weighted by molar-refractivity contribution is 5.90. The molecule has 33 heavy (non-hydrogen) atoms. The second-order valence-corrected chi connectivity index (χ2v) is 9.53. The van der Waals surface area contributed by atoms with E-state index >= 15 is 0 Å². The lowest BCUT2D eigenvalue weighted by molar-refractivity contribution is 0.0729. The Labute approximate surface area is 196 Å². The van der Waals surface area contributed by atoms with Crippen LogP contribution in [0.1, 0.15) is 63.0 Å². The first kappa shape index (κ1) is 22.7. The van der Waals surface area contributed by atoms with Crippen molar-refractivity contribution >= 4 is 22.8 Å². The molecule has 0 saturated carbocycles. The average Bonchev–Trinajstić information content (AvgIpc) is 2.78. The number of benzene rings is 2. The van der Waals surface area contributed by atoms with Gasteiger partial charge in [-0.15, -0.1) is 0 Å². The van der Waals surface area contributed by atoms with E-state index in [1.807, 2.05) is 42.5 Å². The summed E-state index contributed by atoms with van der Waals surface area (Å²) in [7, 11) is 0. The first-order valence-electron chi connectivity index (χ1n) is 11.6. The van der Waals surface area contributed by atoms with Crippen molar-refractivity contribution in [1.82, 2.24) is 4.98 Å². The van der Waals surface area contributed by atoms with Crippen LogP contribution >= 0.6 is 0 Å². The Bertz CT molecular complexity index is 1260. The minimum Gasteiger partial charge on any atom is -0.422 e. The molecule has 1 aromatic heterocycles. The predicted molar refractivity (Wildman–Crippen MR) is 136 cm³/mol. The molecule has 2 aromatic carbocycles. The molecule has 1 heterocycles. The van der Waals surface area contributed by atoms with Gasteiger partial charge < -0.3 is 4.74 Å². The van der Waals surface area contributed by atoms with Crippen LogP contribution in [-0.2, 0) is 0 Å². The minimum absolute atomic E-state index is 0.230. The summed E-state index contributed by atoms with van der Waals surface area (Å²) in [5.41, 5.74) is 5.56. The van der Waals surface area contributed by atoms with E-state index in [1.165, 1.54) is 30.4 Å². The number of ether oxygens (including phenoxy) is 1. The highest BCUT2D eigenvalue weighted by Gasteiger charge is 2.26. The van der Waals surface area contributed by atoms with Crippen molar-refractivity contribution in [3.63, 3.8) is 0 Å². The second-order valence-electron chi connectivity index (χ2n) is 9.53. The Morgan fingerprint density at radius 1 is 1.06 bits per heavy atom. The van der Waals surface area contributed by atoms with Crippen molar-refractivity contribution < 1.29 is 9.53 Å². The van der Waals surface area contributed by atoms with Crippen LogP contribution in [0.4, 0.5) is 0 Å². The van der Waals surface area contributed by atoms with E-state index < -0.39 is 5.97 Å². The van der Waals surface area contributed by atoms with Crippen molar-refractivity contribution in [3.05, 3.63) is 101 Å². The third kappa shape index (κ3) is 5.48. The lowest BCUT2D eigenvalue weighted by Gasteiger charge is -2.32. The molecular weight excluding hydrogens is 406 g/mol. The highest BCUT2D eigenvalue weighted by atomic mass is 16.5. The smallest absolute Gasteiger partial charge is 0.362 e. The Kier molecular flexibility index (Phi) is 6.60. The Morgan fingerprint density at radius 2 is 1.85 bits per heavy atom. The van der Waals surface area contributed by atoms with Crippen molar-refractivity contribution in [2.24, 2.45) is 5.41 Å². The zero-order chi connectivity index (χ0) is 23.4. The average molecular weight is 438 g/mol. The van der Waals surface area contributed by atoms with Gasteiger partial charge in [-0.1, -0.05) is 79.6 Å². The van der Waals surface area contributed by atoms with Crippen molar-refractivity contribution in [2.75, 3.05) is 0 Å². The van der Waals surface area contributed by atoms with Crippen LogP contribution in [0.3, 0.4) is 0 Å². The van der Waals surface area contributed by atoms with Crippen LogP contribution in [-0.4, -0.2) is 11.0 Å². The molecule has 3 nitrogen and oxygen atoms in total. The molecule has 0 saturated heterocycles. The van der Waals surface area contributed by atoms with E-state index in [1.54, 1.807) is 18.3 Å². The zero-order valence-electron chi connectivity index (χ0n) is 19.9. The molecule has 1 aliphatic carbocycles. The number of hydrogen-bond donors (Lipinski definition) is 0. The summed E-state index contributed by atoms with van der Waals surface area (Å²) < 4.78 is 5.53. The van der Waals surface area contributed by atoms with E-state index in [0.717, 1.165) is 21.9 Å². The molecule has 168 valence electrons. The fraction of sp³-hybridized carbons (Fsp3) is 0.267. The highest BCUT2D eigenvalue weighted by Crippen LogP contribution is 2.40. The number of allylic oxidation sites excluding steroid dienone is 5. The largest absolute Gasteiger partial charge is 0.422 e. The van der Waals surface area contributed by atoms with Gasteiger partial charge in [0, 0.05) is 6.20 Å². The Morgan fingerprint density at radius 3 is 2.58 bits per heavy atom. The van der Waals surface area contributed by atoms with Gasteiger partial charge in [-0.05, 0) is 78.6 Å². The standard InChI is InChI=1S/C30H31NO2/c1-21(11-15-27-22(2)8-7-17-30(27,3)4)18-23-12-16-28(31-20-23)29(32)33-26-14-13-24-9-5-6-10-25(24)19-26/h5-6,9-16,18-20H,7-8,17H2,1-4H3/b15-11?,21-18+. The molecule has 0 spiro atoms. The van der Waals surface area contributed by atoms with Gasteiger partial charge >= 0.3 is 5.97 Å². The Balaban J connectivity index is 1.43. The number of pyridine rings is 1. The van der Waals surface area contributed by atoms with Gasteiger partial charge in [0.2, 0.25) is 0 Å². The van der Waals surface area contributed by atoms with Crippen LogP contribution in [0.5, 0.6) is 5.75 Å².